The smallest absolute Gasteiger partial charge is 0.124 e. The van der Waals surface area contributed by atoms with Gasteiger partial charge in [-0.2, -0.15) is 5.26 Å². The number of hydrogen-bond acceptors (Lipinski definition) is 2. The summed E-state index contributed by atoms with van der Waals surface area (Å²) in [6.45, 7) is 8.19. The van der Waals surface area contributed by atoms with Crippen molar-refractivity contribution in [3.63, 3.8) is 0 Å². The van der Waals surface area contributed by atoms with E-state index >= 15 is 0 Å². The van der Waals surface area contributed by atoms with E-state index in [1.165, 1.54) is 11.1 Å². The van der Waals surface area contributed by atoms with E-state index in [2.05, 4.69) is 48.1 Å². The fraction of sp³-hybridized carbons (Fsp3) is 0.375. The van der Waals surface area contributed by atoms with Gasteiger partial charge < -0.3 is 4.98 Å². The molecule has 1 unspecified atom stereocenters. The number of aromatic amines is 1. The molecule has 0 aliphatic rings. The van der Waals surface area contributed by atoms with Crippen LogP contribution in [0.25, 0.3) is 11.3 Å². The molecule has 2 aromatic rings. The van der Waals surface area contributed by atoms with E-state index in [0.717, 1.165) is 29.2 Å². The Kier molecular flexibility index (Phi) is 3.71. The molecule has 0 aliphatic carbocycles. The number of imidazole rings is 1. The van der Waals surface area contributed by atoms with Crippen molar-refractivity contribution in [3.8, 4) is 17.3 Å². The molecule has 19 heavy (non-hydrogen) atoms. The van der Waals surface area contributed by atoms with Crippen LogP contribution in [0.2, 0.25) is 0 Å². The number of nitrogens with zero attached hydrogens (tertiary/aromatic N) is 2. The van der Waals surface area contributed by atoms with Crippen LogP contribution in [0.3, 0.4) is 0 Å². The third-order valence-electron chi connectivity index (χ3n) is 3.43. The standard InChI is InChI=1S/C16H19N3/c1-5-13(9-17)16-18-12(4)15(19-16)14-7-6-10(2)8-11(14)3/h6-8,13H,5H2,1-4H3,(H,18,19). The maximum atomic E-state index is 9.13. The highest BCUT2D eigenvalue weighted by Crippen LogP contribution is 2.28. The average molecular weight is 253 g/mol. The molecule has 0 spiro atoms. The topological polar surface area (TPSA) is 52.5 Å². The Morgan fingerprint density at radius 3 is 2.63 bits per heavy atom. The average Bonchev–Trinajstić information content (AvgIpc) is 2.73. The van der Waals surface area contributed by atoms with Gasteiger partial charge in [0, 0.05) is 11.3 Å². The third-order valence-corrected chi connectivity index (χ3v) is 3.43. The van der Waals surface area contributed by atoms with Crippen LogP contribution < -0.4 is 0 Å². The van der Waals surface area contributed by atoms with Crippen LogP contribution in [0.4, 0.5) is 0 Å². The molecule has 0 saturated carbocycles. The SMILES string of the molecule is CCC(C#N)c1nc(-c2ccc(C)cc2C)c(C)[nH]1. The minimum absolute atomic E-state index is 0.154. The van der Waals surface area contributed by atoms with Crippen molar-refractivity contribution in [2.75, 3.05) is 0 Å². The number of rotatable bonds is 3. The number of aromatic nitrogens is 2. The second kappa shape index (κ2) is 5.27. The minimum atomic E-state index is -0.154. The molecule has 0 radical (unpaired) electrons. The molecule has 1 aromatic carbocycles. The first-order valence-electron chi connectivity index (χ1n) is 6.60. The number of benzene rings is 1. The number of aryl methyl sites for hydroxylation is 3. The Bertz CT molecular complexity index is 632. The van der Waals surface area contributed by atoms with E-state index in [-0.39, 0.29) is 5.92 Å². The molecule has 0 amide bonds. The highest BCUT2D eigenvalue weighted by molar-refractivity contribution is 5.66. The Balaban J connectivity index is 2.49. The van der Waals surface area contributed by atoms with E-state index in [0.29, 0.717) is 0 Å². The second-order valence-corrected chi connectivity index (χ2v) is 5.00. The Morgan fingerprint density at radius 1 is 1.32 bits per heavy atom. The van der Waals surface area contributed by atoms with Gasteiger partial charge in [0.2, 0.25) is 0 Å². The van der Waals surface area contributed by atoms with Gasteiger partial charge in [-0.05, 0) is 32.8 Å². The van der Waals surface area contributed by atoms with Crippen molar-refractivity contribution in [1.29, 1.82) is 5.26 Å². The van der Waals surface area contributed by atoms with E-state index in [1.807, 2.05) is 13.8 Å². The Labute approximate surface area is 114 Å². The summed E-state index contributed by atoms with van der Waals surface area (Å²) in [5, 5.41) is 9.13. The lowest BCUT2D eigenvalue weighted by atomic mass is 10.0. The molecule has 0 bridgehead atoms. The molecule has 1 aromatic heterocycles. The van der Waals surface area contributed by atoms with E-state index in [4.69, 9.17) is 5.26 Å². The summed E-state index contributed by atoms with van der Waals surface area (Å²) >= 11 is 0. The first-order valence-corrected chi connectivity index (χ1v) is 6.60. The second-order valence-electron chi connectivity index (χ2n) is 5.00. The predicted octanol–water partition coefficient (Wildman–Crippen LogP) is 4.02. The van der Waals surface area contributed by atoms with Crippen LogP contribution in [0, 0.1) is 32.1 Å². The number of hydrogen-bond donors (Lipinski definition) is 1. The normalized spacial score (nSPS) is 12.2. The lowest BCUT2D eigenvalue weighted by Gasteiger charge is -2.05. The van der Waals surface area contributed by atoms with E-state index < -0.39 is 0 Å². The molecule has 0 aliphatic heterocycles. The molecule has 1 heterocycles. The van der Waals surface area contributed by atoms with Crippen molar-refractivity contribution < 1.29 is 0 Å². The molecule has 98 valence electrons. The zero-order valence-corrected chi connectivity index (χ0v) is 11.9. The molecule has 0 fully saturated rings. The lowest BCUT2D eigenvalue weighted by Crippen LogP contribution is -1.96. The van der Waals surface area contributed by atoms with Crippen LogP contribution in [0.1, 0.15) is 41.9 Å². The summed E-state index contributed by atoms with van der Waals surface area (Å²) in [7, 11) is 0. The van der Waals surface area contributed by atoms with E-state index in [9.17, 15) is 0 Å². The van der Waals surface area contributed by atoms with Crippen molar-refractivity contribution in [3.05, 3.63) is 40.8 Å². The van der Waals surface area contributed by atoms with Gasteiger partial charge in [0.05, 0.1) is 11.8 Å². The van der Waals surface area contributed by atoms with Gasteiger partial charge in [-0.25, -0.2) is 4.98 Å². The van der Waals surface area contributed by atoms with Crippen molar-refractivity contribution in [2.24, 2.45) is 0 Å². The van der Waals surface area contributed by atoms with Gasteiger partial charge in [0.25, 0.3) is 0 Å². The first kappa shape index (κ1) is 13.4. The maximum Gasteiger partial charge on any atom is 0.124 e. The van der Waals surface area contributed by atoms with Gasteiger partial charge in [-0.3, -0.25) is 0 Å². The fourth-order valence-corrected chi connectivity index (χ4v) is 2.34. The fourth-order valence-electron chi connectivity index (χ4n) is 2.34. The van der Waals surface area contributed by atoms with Crippen LogP contribution in [-0.4, -0.2) is 9.97 Å². The number of nitriles is 1. The van der Waals surface area contributed by atoms with Gasteiger partial charge in [-0.15, -0.1) is 0 Å². The zero-order chi connectivity index (χ0) is 14.0. The van der Waals surface area contributed by atoms with Crippen molar-refractivity contribution >= 4 is 0 Å². The van der Waals surface area contributed by atoms with Crippen LogP contribution in [-0.2, 0) is 0 Å². The highest BCUT2D eigenvalue weighted by Gasteiger charge is 2.16. The number of nitrogens with one attached hydrogen (secondary N) is 1. The van der Waals surface area contributed by atoms with Crippen molar-refractivity contribution in [2.45, 2.75) is 40.0 Å². The Morgan fingerprint density at radius 2 is 2.05 bits per heavy atom. The summed E-state index contributed by atoms with van der Waals surface area (Å²) in [4.78, 5) is 7.89. The molecular weight excluding hydrogens is 234 g/mol. The third kappa shape index (κ3) is 2.53. The molecule has 0 saturated heterocycles. The molecular formula is C16H19N3. The van der Waals surface area contributed by atoms with Gasteiger partial charge in [0.15, 0.2) is 0 Å². The predicted molar refractivity (Wildman–Crippen MR) is 76.9 cm³/mol. The molecule has 1 atom stereocenters. The zero-order valence-electron chi connectivity index (χ0n) is 11.9. The summed E-state index contributed by atoms with van der Waals surface area (Å²) < 4.78 is 0. The molecule has 2 rings (SSSR count). The van der Waals surface area contributed by atoms with Crippen molar-refractivity contribution in [1.82, 2.24) is 9.97 Å². The summed E-state index contributed by atoms with van der Waals surface area (Å²) in [5.41, 5.74) is 5.58. The monoisotopic (exact) mass is 253 g/mol. The molecule has 3 heteroatoms. The van der Waals surface area contributed by atoms with Crippen LogP contribution in [0.15, 0.2) is 18.2 Å². The summed E-state index contributed by atoms with van der Waals surface area (Å²) in [6.07, 6.45) is 0.774. The lowest BCUT2D eigenvalue weighted by molar-refractivity contribution is 0.764. The minimum Gasteiger partial charge on any atom is -0.344 e. The van der Waals surface area contributed by atoms with Crippen LogP contribution >= 0.6 is 0 Å². The summed E-state index contributed by atoms with van der Waals surface area (Å²) in [6, 6.07) is 8.64. The first-order chi connectivity index (χ1) is 9.06. The quantitative estimate of drug-likeness (QED) is 0.898. The number of H-pyrrole nitrogens is 1. The molecule has 3 nitrogen and oxygen atoms in total. The largest absolute Gasteiger partial charge is 0.344 e. The highest BCUT2D eigenvalue weighted by atomic mass is 14.9. The Hall–Kier alpha value is -2.08. The van der Waals surface area contributed by atoms with Gasteiger partial charge >= 0.3 is 0 Å². The van der Waals surface area contributed by atoms with Gasteiger partial charge in [-0.1, -0.05) is 30.7 Å². The van der Waals surface area contributed by atoms with Crippen LogP contribution in [0.5, 0.6) is 0 Å². The molecule has 1 N–H and O–H groups in total. The maximum absolute atomic E-state index is 9.13. The van der Waals surface area contributed by atoms with Gasteiger partial charge in [0.1, 0.15) is 11.7 Å². The summed E-state index contributed by atoms with van der Waals surface area (Å²) in [5.74, 6) is 0.621. The van der Waals surface area contributed by atoms with E-state index in [1.54, 1.807) is 0 Å².